The second-order valence-corrected chi connectivity index (χ2v) is 6.63. The first-order valence-electron chi connectivity index (χ1n) is 8.81. The van der Waals surface area contributed by atoms with Gasteiger partial charge in [-0.2, -0.15) is 5.10 Å². The molecule has 1 fully saturated rings. The van der Waals surface area contributed by atoms with E-state index in [0.717, 1.165) is 11.3 Å². The quantitative estimate of drug-likeness (QED) is 0.819. The Morgan fingerprint density at radius 3 is 2.73 bits per heavy atom. The maximum Gasteiger partial charge on any atom is 0.224 e. The Bertz CT molecular complexity index is 772. The minimum absolute atomic E-state index is 0.0420. The molecule has 2 heterocycles. The maximum atomic E-state index is 12.9. The van der Waals surface area contributed by atoms with Crippen molar-refractivity contribution in [3.05, 3.63) is 53.6 Å². The van der Waals surface area contributed by atoms with E-state index in [1.807, 2.05) is 13.0 Å². The minimum Gasteiger partial charge on any atom is -0.351 e. The van der Waals surface area contributed by atoms with Gasteiger partial charge in [-0.3, -0.25) is 14.3 Å². The molecule has 7 heteroatoms. The molecular formula is C19H23FN4O2. The summed E-state index contributed by atoms with van der Waals surface area (Å²) in [5.74, 6) is -0.294. The second kappa shape index (κ2) is 8.12. The van der Waals surface area contributed by atoms with Crippen molar-refractivity contribution >= 4 is 11.8 Å². The number of carbonyl (C=O) groups is 2. The number of amides is 2. The van der Waals surface area contributed by atoms with Gasteiger partial charge in [0.1, 0.15) is 5.82 Å². The van der Waals surface area contributed by atoms with Gasteiger partial charge in [0.2, 0.25) is 11.8 Å². The summed E-state index contributed by atoms with van der Waals surface area (Å²) in [6, 6.07) is 8.05. The van der Waals surface area contributed by atoms with Crippen molar-refractivity contribution in [1.82, 2.24) is 20.0 Å². The lowest BCUT2D eigenvalue weighted by Gasteiger charge is -2.17. The predicted molar refractivity (Wildman–Crippen MR) is 94.8 cm³/mol. The van der Waals surface area contributed by atoms with Gasteiger partial charge in [-0.1, -0.05) is 12.1 Å². The van der Waals surface area contributed by atoms with E-state index in [9.17, 15) is 14.0 Å². The number of aromatic nitrogens is 2. The number of nitrogens with zero attached hydrogens (tertiary/aromatic N) is 3. The molecule has 1 aromatic carbocycles. The molecule has 138 valence electrons. The van der Waals surface area contributed by atoms with Crippen molar-refractivity contribution in [1.29, 1.82) is 0 Å². The second-order valence-electron chi connectivity index (χ2n) is 6.63. The van der Waals surface area contributed by atoms with Crippen LogP contribution in [0, 0.1) is 12.7 Å². The summed E-state index contributed by atoms with van der Waals surface area (Å²) in [5, 5.41) is 7.09. The van der Waals surface area contributed by atoms with Gasteiger partial charge in [-0.05, 0) is 37.1 Å². The SMILES string of the molecule is Cc1ccnn1CCC(=O)N[C@@H]1CC(=O)N(CCc2ccc(F)cc2)C1. The van der Waals surface area contributed by atoms with E-state index in [-0.39, 0.29) is 23.7 Å². The average molecular weight is 358 g/mol. The van der Waals surface area contributed by atoms with Gasteiger partial charge >= 0.3 is 0 Å². The molecule has 26 heavy (non-hydrogen) atoms. The highest BCUT2D eigenvalue weighted by Gasteiger charge is 2.30. The Kier molecular flexibility index (Phi) is 5.65. The van der Waals surface area contributed by atoms with Crippen molar-refractivity contribution < 1.29 is 14.0 Å². The van der Waals surface area contributed by atoms with Gasteiger partial charge in [0.15, 0.2) is 0 Å². The molecule has 6 nitrogen and oxygen atoms in total. The monoisotopic (exact) mass is 358 g/mol. The Balaban J connectivity index is 1.42. The average Bonchev–Trinajstić information content (AvgIpc) is 3.17. The Morgan fingerprint density at radius 1 is 1.27 bits per heavy atom. The van der Waals surface area contributed by atoms with Crippen LogP contribution in [-0.4, -0.2) is 45.6 Å². The molecule has 0 spiro atoms. The maximum absolute atomic E-state index is 12.9. The fourth-order valence-corrected chi connectivity index (χ4v) is 3.14. The van der Waals surface area contributed by atoms with E-state index >= 15 is 0 Å². The van der Waals surface area contributed by atoms with Crippen molar-refractivity contribution in [3.63, 3.8) is 0 Å². The fraction of sp³-hybridized carbons (Fsp3) is 0.421. The molecule has 0 radical (unpaired) electrons. The Morgan fingerprint density at radius 2 is 2.04 bits per heavy atom. The van der Waals surface area contributed by atoms with E-state index < -0.39 is 0 Å². The molecule has 1 aromatic heterocycles. The Hall–Kier alpha value is -2.70. The summed E-state index contributed by atoms with van der Waals surface area (Å²) in [6.07, 6.45) is 3.05. The molecule has 0 bridgehead atoms. The van der Waals surface area contributed by atoms with Crippen LogP contribution in [0.2, 0.25) is 0 Å². The third-order valence-electron chi connectivity index (χ3n) is 4.64. The smallest absolute Gasteiger partial charge is 0.224 e. The highest BCUT2D eigenvalue weighted by atomic mass is 19.1. The third-order valence-corrected chi connectivity index (χ3v) is 4.64. The van der Waals surface area contributed by atoms with Gasteiger partial charge in [0, 0.05) is 44.4 Å². The topological polar surface area (TPSA) is 67.2 Å². The van der Waals surface area contributed by atoms with Crippen LogP contribution in [0.25, 0.3) is 0 Å². The number of nitrogens with one attached hydrogen (secondary N) is 1. The Labute approximate surface area is 152 Å². The van der Waals surface area contributed by atoms with Crippen molar-refractivity contribution in [3.8, 4) is 0 Å². The van der Waals surface area contributed by atoms with Gasteiger partial charge in [-0.25, -0.2) is 4.39 Å². The first kappa shape index (κ1) is 18.1. The standard InChI is InChI=1S/C19H23FN4O2/c1-14-6-9-21-24(14)11-8-18(25)22-17-12-19(26)23(13-17)10-7-15-2-4-16(20)5-3-15/h2-6,9,17H,7-8,10-13H2,1H3,(H,22,25)/t17-/m1/s1. The number of benzene rings is 1. The molecular weight excluding hydrogens is 335 g/mol. The summed E-state index contributed by atoms with van der Waals surface area (Å²) in [7, 11) is 0. The molecule has 1 saturated heterocycles. The molecule has 2 amide bonds. The summed E-state index contributed by atoms with van der Waals surface area (Å²) < 4.78 is 14.7. The van der Waals surface area contributed by atoms with E-state index in [0.29, 0.717) is 38.9 Å². The predicted octanol–water partition coefficient (Wildman–Crippen LogP) is 1.68. The minimum atomic E-state index is -0.265. The van der Waals surface area contributed by atoms with Gasteiger partial charge in [-0.15, -0.1) is 0 Å². The number of rotatable bonds is 7. The third kappa shape index (κ3) is 4.68. The lowest BCUT2D eigenvalue weighted by atomic mass is 10.1. The molecule has 0 saturated carbocycles. The number of hydrogen-bond acceptors (Lipinski definition) is 3. The summed E-state index contributed by atoms with van der Waals surface area (Å²) in [4.78, 5) is 26.0. The fourth-order valence-electron chi connectivity index (χ4n) is 3.14. The van der Waals surface area contributed by atoms with Crippen LogP contribution in [0.15, 0.2) is 36.5 Å². The largest absolute Gasteiger partial charge is 0.351 e. The van der Waals surface area contributed by atoms with Crippen LogP contribution in [0.1, 0.15) is 24.1 Å². The van der Waals surface area contributed by atoms with E-state index in [1.165, 1.54) is 12.1 Å². The molecule has 3 rings (SSSR count). The van der Waals surface area contributed by atoms with Crippen LogP contribution < -0.4 is 5.32 Å². The van der Waals surface area contributed by atoms with Crippen LogP contribution in [-0.2, 0) is 22.6 Å². The van der Waals surface area contributed by atoms with Crippen LogP contribution in [0.5, 0.6) is 0 Å². The zero-order valence-corrected chi connectivity index (χ0v) is 14.8. The van der Waals surface area contributed by atoms with Crippen LogP contribution in [0.4, 0.5) is 4.39 Å². The number of aryl methyl sites for hydroxylation is 2. The zero-order chi connectivity index (χ0) is 18.5. The van der Waals surface area contributed by atoms with Crippen molar-refractivity contribution in [2.24, 2.45) is 0 Å². The van der Waals surface area contributed by atoms with Crippen molar-refractivity contribution in [2.75, 3.05) is 13.1 Å². The first-order valence-corrected chi connectivity index (χ1v) is 8.81. The highest BCUT2D eigenvalue weighted by Crippen LogP contribution is 2.13. The lowest BCUT2D eigenvalue weighted by molar-refractivity contribution is -0.127. The molecule has 0 unspecified atom stereocenters. The van der Waals surface area contributed by atoms with E-state index in [1.54, 1.807) is 27.9 Å². The molecule has 1 N–H and O–H groups in total. The van der Waals surface area contributed by atoms with Crippen molar-refractivity contribution in [2.45, 2.75) is 38.8 Å². The summed E-state index contributed by atoms with van der Waals surface area (Å²) >= 11 is 0. The normalized spacial score (nSPS) is 16.9. The number of likely N-dealkylation sites (tertiary alicyclic amines) is 1. The van der Waals surface area contributed by atoms with E-state index in [2.05, 4.69) is 10.4 Å². The number of carbonyl (C=O) groups excluding carboxylic acids is 2. The molecule has 0 aliphatic carbocycles. The molecule has 1 atom stereocenters. The van der Waals surface area contributed by atoms with Crippen LogP contribution in [0.3, 0.4) is 0 Å². The highest BCUT2D eigenvalue weighted by molar-refractivity contribution is 5.82. The molecule has 2 aromatic rings. The van der Waals surface area contributed by atoms with Gasteiger partial charge in [0.05, 0.1) is 6.04 Å². The molecule has 1 aliphatic rings. The lowest BCUT2D eigenvalue weighted by Crippen LogP contribution is -2.37. The van der Waals surface area contributed by atoms with Gasteiger partial charge in [0.25, 0.3) is 0 Å². The first-order chi connectivity index (χ1) is 12.5. The zero-order valence-electron chi connectivity index (χ0n) is 14.8. The van der Waals surface area contributed by atoms with Crippen LogP contribution >= 0.6 is 0 Å². The summed E-state index contributed by atoms with van der Waals surface area (Å²) in [5.41, 5.74) is 2.00. The number of hydrogen-bond donors (Lipinski definition) is 1. The number of halogens is 1. The molecule has 1 aliphatic heterocycles. The summed E-state index contributed by atoms with van der Waals surface area (Å²) in [6.45, 7) is 3.56. The van der Waals surface area contributed by atoms with Gasteiger partial charge < -0.3 is 10.2 Å². The van der Waals surface area contributed by atoms with E-state index in [4.69, 9.17) is 0 Å².